The number of hydrogen-bond acceptors (Lipinski definition) is 2. The molecular formula is C13H23F2NO2. The lowest BCUT2D eigenvalue weighted by Gasteiger charge is -2.27. The number of aliphatic hydroxyl groups is 1. The van der Waals surface area contributed by atoms with Crippen LogP contribution in [0, 0.1) is 11.8 Å². The zero-order valence-electron chi connectivity index (χ0n) is 10.9. The molecular weight excluding hydrogens is 240 g/mol. The third kappa shape index (κ3) is 4.88. The molecule has 18 heavy (non-hydrogen) atoms. The zero-order valence-corrected chi connectivity index (χ0v) is 10.9. The van der Waals surface area contributed by atoms with Gasteiger partial charge in [-0.1, -0.05) is 13.3 Å². The molecule has 0 bridgehead atoms. The Balaban J connectivity index is 2.29. The Morgan fingerprint density at radius 2 is 2.06 bits per heavy atom. The van der Waals surface area contributed by atoms with E-state index in [9.17, 15) is 13.6 Å². The molecule has 106 valence electrons. The molecule has 1 saturated carbocycles. The lowest BCUT2D eigenvalue weighted by atomic mass is 9.86. The second-order valence-electron chi connectivity index (χ2n) is 5.16. The topological polar surface area (TPSA) is 49.3 Å². The molecule has 0 aliphatic heterocycles. The first-order valence-corrected chi connectivity index (χ1v) is 6.75. The average molecular weight is 263 g/mol. The molecule has 0 aromatic heterocycles. The molecule has 0 saturated heterocycles. The van der Waals surface area contributed by atoms with E-state index in [4.69, 9.17) is 5.11 Å². The second-order valence-corrected chi connectivity index (χ2v) is 5.16. The van der Waals surface area contributed by atoms with E-state index in [1.165, 1.54) is 0 Å². The van der Waals surface area contributed by atoms with Crippen LogP contribution in [0.4, 0.5) is 8.78 Å². The van der Waals surface area contributed by atoms with Crippen LogP contribution >= 0.6 is 0 Å². The minimum absolute atomic E-state index is 0.109. The second kappa shape index (κ2) is 7.02. The van der Waals surface area contributed by atoms with Crippen molar-refractivity contribution in [3.63, 3.8) is 0 Å². The highest BCUT2D eigenvalue weighted by Gasteiger charge is 2.37. The van der Waals surface area contributed by atoms with Gasteiger partial charge in [0.1, 0.15) is 0 Å². The predicted molar refractivity (Wildman–Crippen MR) is 65.4 cm³/mol. The molecule has 0 heterocycles. The number of rotatable bonds is 6. The molecule has 0 aromatic rings. The maximum absolute atomic E-state index is 13.0. The van der Waals surface area contributed by atoms with E-state index in [0.29, 0.717) is 13.0 Å². The van der Waals surface area contributed by atoms with Crippen LogP contribution in [0.25, 0.3) is 0 Å². The third-order valence-electron chi connectivity index (χ3n) is 3.77. The minimum atomic E-state index is -2.58. The first kappa shape index (κ1) is 15.3. The smallest absolute Gasteiger partial charge is 0.248 e. The molecule has 1 rings (SSSR count). The quantitative estimate of drug-likeness (QED) is 0.772. The fourth-order valence-corrected chi connectivity index (χ4v) is 2.32. The maximum atomic E-state index is 13.0. The number of carbonyl (C=O) groups is 1. The summed E-state index contributed by atoms with van der Waals surface area (Å²) < 4.78 is 25.9. The molecule has 1 aliphatic carbocycles. The molecule has 1 amide bonds. The van der Waals surface area contributed by atoms with E-state index < -0.39 is 5.92 Å². The summed E-state index contributed by atoms with van der Waals surface area (Å²) in [6, 6.07) is 0. The fourth-order valence-electron chi connectivity index (χ4n) is 2.32. The molecule has 0 spiro atoms. The molecule has 2 N–H and O–H groups in total. The molecule has 1 fully saturated rings. The van der Waals surface area contributed by atoms with Crippen LogP contribution < -0.4 is 5.32 Å². The van der Waals surface area contributed by atoms with Crippen LogP contribution in [0.5, 0.6) is 0 Å². The summed E-state index contributed by atoms with van der Waals surface area (Å²) >= 11 is 0. The van der Waals surface area contributed by atoms with Crippen LogP contribution in [0.1, 0.15) is 45.4 Å². The van der Waals surface area contributed by atoms with Crippen molar-refractivity contribution in [2.24, 2.45) is 11.8 Å². The number of nitrogens with one attached hydrogen (secondary N) is 1. The first-order valence-electron chi connectivity index (χ1n) is 6.75. The normalized spacial score (nSPS) is 21.6. The van der Waals surface area contributed by atoms with Crippen LogP contribution in [-0.2, 0) is 4.79 Å². The van der Waals surface area contributed by atoms with Crippen molar-refractivity contribution in [2.45, 2.75) is 51.4 Å². The van der Waals surface area contributed by atoms with Gasteiger partial charge in [0.25, 0.3) is 0 Å². The predicted octanol–water partition coefficient (Wildman–Crippen LogP) is 2.34. The Hall–Kier alpha value is -0.710. The van der Waals surface area contributed by atoms with Gasteiger partial charge in [0.15, 0.2) is 0 Å². The van der Waals surface area contributed by atoms with E-state index in [1.54, 1.807) is 0 Å². The van der Waals surface area contributed by atoms with Crippen LogP contribution in [0.15, 0.2) is 0 Å². The van der Waals surface area contributed by atoms with Crippen molar-refractivity contribution in [1.82, 2.24) is 5.32 Å². The number of carbonyl (C=O) groups excluding carboxylic acids is 1. The fraction of sp³-hybridized carbons (Fsp3) is 0.923. The van der Waals surface area contributed by atoms with Crippen molar-refractivity contribution in [1.29, 1.82) is 0 Å². The lowest BCUT2D eigenvalue weighted by Crippen LogP contribution is -2.38. The van der Waals surface area contributed by atoms with Gasteiger partial charge in [-0.05, 0) is 25.2 Å². The van der Waals surface area contributed by atoms with E-state index in [-0.39, 0.29) is 50.0 Å². The summed E-state index contributed by atoms with van der Waals surface area (Å²) in [5.41, 5.74) is 0. The molecule has 1 aliphatic rings. The van der Waals surface area contributed by atoms with E-state index in [1.807, 2.05) is 6.92 Å². The largest absolute Gasteiger partial charge is 0.396 e. The minimum Gasteiger partial charge on any atom is -0.396 e. The van der Waals surface area contributed by atoms with Crippen molar-refractivity contribution >= 4 is 5.91 Å². The highest BCUT2D eigenvalue weighted by Crippen LogP contribution is 2.36. The van der Waals surface area contributed by atoms with Crippen molar-refractivity contribution in [2.75, 3.05) is 13.2 Å². The summed E-state index contributed by atoms with van der Waals surface area (Å²) in [6.07, 6.45) is 1.74. The van der Waals surface area contributed by atoms with E-state index in [0.717, 1.165) is 6.42 Å². The Bertz CT molecular complexity index is 262. The molecule has 5 heteroatoms. The summed E-state index contributed by atoms with van der Waals surface area (Å²) in [7, 11) is 0. The van der Waals surface area contributed by atoms with Gasteiger partial charge >= 0.3 is 0 Å². The Morgan fingerprint density at radius 1 is 1.44 bits per heavy atom. The average Bonchev–Trinajstić information content (AvgIpc) is 2.34. The monoisotopic (exact) mass is 263 g/mol. The van der Waals surface area contributed by atoms with Crippen molar-refractivity contribution < 1.29 is 18.7 Å². The number of aliphatic hydroxyl groups excluding tert-OH is 1. The Labute approximate surface area is 107 Å². The van der Waals surface area contributed by atoms with Crippen LogP contribution in [-0.4, -0.2) is 30.1 Å². The summed E-state index contributed by atoms with van der Waals surface area (Å²) in [5.74, 6) is -2.69. The van der Waals surface area contributed by atoms with Crippen LogP contribution in [0.2, 0.25) is 0 Å². The zero-order chi connectivity index (χ0) is 13.6. The van der Waals surface area contributed by atoms with E-state index >= 15 is 0 Å². The van der Waals surface area contributed by atoms with Gasteiger partial charge in [0, 0.05) is 31.9 Å². The van der Waals surface area contributed by atoms with Crippen molar-refractivity contribution in [3.8, 4) is 0 Å². The Morgan fingerprint density at radius 3 is 2.56 bits per heavy atom. The SMILES string of the molecule is CCC(CCO)CNC(=O)C1CCC(F)(F)CC1. The molecule has 0 aromatic carbocycles. The highest BCUT2D eigenvalue weighted by atomic mass is 19.3. The molecule has 0 radical (unpaired) electrons. The van der Waals surface area contributed by atoms with Crippen molar-refractivity contribution in [3.05, 3.63) is 0 Å². The van der Waals surface area contributed by atoms with Gasteiger partial charge in [-0.25, -0.2) is 8.78 Å². The summed E-state index contributed by atoms with van der Waals surface area (Å²) in [6.45, 7) is 2.65. The third-order valence-corrected chi connectivity index (χ3v) is 3.77. The summed E-state index contributed by atoms with van der Waals surface area (Å²) in [4.78, 5) is 11.8. The van der Waals surface area contributed by atoms with E-state index in [2.05, 4.69) is 5.32 Å². The number of hydrogen-bond donors (Lipinski definition) is 2. The lowest BCUT2D eigenvalue weighted by molar-refractivity contribution is -0.129. The highest BCUT2D eigenvalue weighted by molar-refractivity contribution is 5.78. The number of alkyl halides is 2. The van der Waals surface area contributed by atoms with Gasteiger partial charge in [-0.2, -0.15) is 0 Å². The number of amides is 1. The van der Waals surface area contributed by atoms with Gasteiger partial charge in [0.2, 0.25) is 11.8 Å². The van der Waals surface area contributed by atoms with Crippen LogP contribution in [0.3, 0.4) is 0 Å². The van der Waals surface area contributed by atoms with Gasteiger partial charge in [0.05, 0.1) is 0 Å². The Kier molecular flexibility index (Phi) is 5.99. The molecule has 3 nitrogen and oxygen atoms in total. The standard InChI is InChI=1S/C13H23F2NO2/c1-2-10(5-8-17)9-16-12(18)11-3-6-13(14,15)7-4-11/h10-11,17H,2-9H2,1H3,(H,16,18). The maximum Gasteiger partial charge on any atom is 0.248 e. The molecule has 1 unspecified atom stereocenters. The number of halogens is 2. The van der Waals surface area contributed by atoms with Gasteiger partial charge in [-0.15, -0.1) is 0 Å². The molecule has 1 atom stereocenters. The van der Waals surface area contributed by atoms with Gasteiger partial charge < -0.3 is 10.4 Å². The van der Waals surface area contributed by atoms with Gasteiger partial charge in [-0.3, -0.25) is 4.79 Å². The first-order chi connectivity index (χ1) is 8.48. The summed E-state index contributed by atoms with van der Waals surface area (Å²) in [5, 5.41) is 11.7.